The minimum atomic E-state index is -3.70. The molecule has 28 heavy (non-hydrogen) atoms. The van der Waals surface area contributed by atoms with Gasteiger partial charge in [-0.2, -0.15) is 0 Å². The van der Waals surface area contributed by atoms with Gasteiger partial charge in [-0.25, -0.2) is 8.42 Å². The molecule has 3 N–H and O–H groups in total. The van der Waals surface area contributed by atoms with Gasteiger partial charge in [-0.05, 0) is 80.8 Å². The molecule has 1 aliphatic heterocycles. The van der Waals surface area contributed by atoms with Crippen LogP contribution >= 0.6 is 12.4 Å². The number of piperidine rings is 1. The second-order valence-corrected chi connectivity index (χ2v) is 8.63. The highest BCUT2D eigenvalue weighted by molar-refractivity contribution is 7.92. The predicted octanol–water partition coefficient (Wildman–Crippen LogP) is 3.01. The van der Waals surface area contributed by atoms with Crippen LogP contribution in [0.1, 0.15) is 34.3 Å². The largest absolute Gasteiger partial charge is 0.348 e. The summed E-state index contributed by atoms with van der Waals surface area (Å²) in [7, 11) is -3.70. The molecule has 0 bridgehead atoms. The lowest BCUT2D eigenvalue weighted by Gasteiger charge is -2.23. The normalized spacial score (nSPS) is 16.7. The lowest BCUT2D eigenvalue weighted by Crippen LogP contribution is -2.45. The van der Waals surface area contributed by atoms with Gasteiger partial charge in [0, 0.05) is 23.8 Å². The number of carbonyl (C=O) groups excluding carboxylic acids is 1. The molecule has 3 rings (SSSR count). The highest BCUT2D eigenvalue weighted by Crippen LogP contribution is 2.19. The van der Waals surface area contributed by atoms with Gasteiger partial charge in [-0.15, -0.1) is 12.4 Å². The topological polar surface area (TPSA) is 87.3 Å². The zero-order valence-electron chi connectivity index (χ0n) is 16.0. The van der Waals surface area contributed by atoms with Crippen molar-refractivity contribution in [3.05, 3.63) is 59.2 Å². The monoisotopic (exact) mass is 423 g/mol. The maximum atomic E-state index is 12.6. The van der Waals surface area contributed by atoms with Crippen molar-refractivity contribution < 1.29 is 13.2 Å². The SMILES string of the molecule is Cc1ccc(NS(=O)(=O)c2ccc(C(=O)NC3CCCNC3)cc2)cc1C.Cl. The zero-order valence-corrected chi connectivity index (χ0v) is 17.6. The van der Waals surface area contributed by atoms with Crippen LogP contribution in [0, 0.1) is 13.8 Å². The van der Waals surface area contributed by atoms with Crippen LogP contribution < -0.4 is 15.4 Å². The Kier molecular flexibility index (Phi) is 7.46. The molecule has 2 aromatic carbocycles. The van der Waals surface area contributed by atoms with Gasteiger partial charge in [0.15, 0.2) is 0 Å². The molecule has 1 atom stereocenters. The van der Waals surface area contributed by atoms with E-state index in [9.17, 15) is 13.2 Å². The second-order valence-electron chi connectivity index (χ2n) is 6.95. The molecule has 0 radical (unpaired) electrons. The van der Waals surface area contributed by atoms with Gasteiger partial charge in [-0.1, -0.05) is 6.07 Å². The molecule has 2 aromatic rings. The fourth-order valence-electron chi connectivity index (χ4n) is 3.05. The Morgan fingerprint density at radius 3 is 2.39 bits per heavy atom. The van der Waals surface area contributed by atoms with Crippen molar-refractivity contribution in [2.24, 2.45) is 0 Å². The van der Waals surface area contributed by atoms with Crippen molar-refractivity contribution in [1.82, 2.24) is 10.6 Å². The molecule has 0 spiro atoms. The number of nitrogens with one attached hydrogen (secondary N) is 3. The number of hydrogen-bond acceptors (Lipinski definition) is 4. The summed E-state index contributed by atoms with van der Waals surface area (Å²) in [4.78, 5) is 12.5. The van der Waals surface area contributed by atoms with Crippen molar-refractivity contribution >= 4 is 34.0 Å². The molecule has 8 heteroatoms. The summed E-state index contributed by atoms with van der Waals surface area (Å²) in [5, 5.41) is 6.23. The fraction of sp³-hybridized carbons (Fsp3) is 0.350. The number of rotatable bonds is 5. The standard InChI is InChI=1S/C20H25N3O3S.ClH/c1-14-5-8-17(12-15(14)2)23-27(25,26)19-9-6-16(7-10-19)20(24)22-18-4-3-11-21-13-18;/h5-10,12,18,21,23H,3-4,11,13H2,1-2H3,(H,22,24);1H. The summed E-state index contributed by atoms with van der Waals surface area (Å²) < 4.78 is 27.7. The summed E-state index contributed by atoms with van der Waals surface area (Å²) in [6.07, 6.45) is 1.98. The van der Waals surface area contributed by atoms with Crippen LogP contribution in [0.5, 0.6) is 0 Å². The van der Waals surface area contributed by atoms with Gasteiger partial charge in [-0.3, -0.25) is 9.52 Å². The maximum Gasteiger partial charge on any atom is 0.261 e. The number of anilines is 1. The minimum absolute atomic E-state index is 0. The van der Waals surface area contributed by atoms with Crippen LogP contribution in [0.3, 0.4) is 0 Å². The van der Waals surface area contributed by atoms with E-state index in [0.29, 0.717) is 11.3 Å². The fourth-order valence-corrected chi connectivity index (χ4v) is 4.10. The number of hydrogen-bond donors (Lipinski definition) is 3. The third-order valence-corrected chi connectivity index (χ3v) is 6.22. The Hall–Kier alpha value is -2.09. The Balaban J connectivity index is 0.00000280. The number of sulfonamides is 1. The first-order valence-corrected chi connectivity index (χ1v) is 10.6. The molecule has 1 aliphatic rings. The van der Waals surface area contributed by atoms with Gasteiger partial charge in [0.1, 0.15) is 0 Å². The van der Waals surface area contributed by atoms with E-state index in [4.69, 9.17) is 0 Å². The molecule has 1 fully saturated rings. The van der Waals surface area contributed by atoms with Crippen molar-refractivity contribution in [1.29, 1.82) is 0 Å². The van der Waals surface area contributed by atoms with E-state index < -0.39 is 10.0 Å². The molecule has 1 amide bonds. The number of carbonyl (C=O) groups is 1. The molecule has 152 valence electrons. The highest BCUT2D eigenvalue weighted by atomic mass is 35.5. The first-order valence-electron chi connectivity index (χ1n) is 9.07. The quantitative estimate of drug-likeness (QED) is 0.689. The number of aryl methyl sites for hydroxylation is 2. The van der Waals surface area contributed by atoms with Crippen LogP contribution in [0.2, 0.25) is 0 Å². The molecule has 1 saturated heterocycles. The molecule has 0 saturated carbocycles. The number of halogens is 1. The van der Waals surface area contributed by atoms with Gasteiger partial charge in [0.25, 0.3) is 15.9 Å². The number of benzene rings is 2. The Morgan fingerprint density at radius 2 is 1.79 bits per heavy atom. The van der Waals surface area contributed by atoms with E-state index >= 15 is 0 Å². The molecule has 1 unspecified atom stereocenters. The highest BCUT2D eigenvalue weighted by Gasteiger charge is 2.18. The van der Waals surface area contributed by atoms with E-state index in [1.807, 2.05) is 19.9 Å². The molecule has 0 aromatic heterocycles. The molecule has 6 nitrogen and oxygen atoms in total. The van der Waals surface area contributed by atoms with Gasteiger partial charge in [0.05, 0.1) is 4.90 Å². The summed E-state index contributed by atoms with van der Waals surface area (Å²) in [5.74, 6) is -0.185. The third-order valence-electron chi connectivity index (χ3n) is 4.82. The second kappa shape index (κ2) is 9.41. The van der Waals surface area contributed by atoms with Crippen LogP contribution in [-0.2, 0) is 10.0 Å². The Bertz CT molecular complexity index is 924. The average Bonchev–Trinajstić information content (AvgIpc) is 2.65. The summed E-state index contributed by atoms with van der Waals surface area (Å²) in [5.41, 5.74) is 3.08. The first kappa shape index (κ1) is 22.2. The van der Waals surface area contributed by atoms with E-state index in [-0.39, 0.29) is 29.3 Å². The van der Waals surface area contributed by atoms with Crippen molar-refractivity contribution in [2.75, 3.05) is 17.8 Å². The molecule has 1 heterocycles. The van der Waals surface area contributed by atoms with Crippen LogP contribution in [0.4, 0.5) is 5.69 Å². The van der Waals surface area contributed by atoms with Gasteiger partial charge >= 0.3 is 0 Å². The van der Waals surface area contributed by atoms with Gasteiger partial charge in [0.2, 0.25) is 0 Å². The van der Waals surface area contributed by atoms with Crippen molar-refractivity contribution in [3.63, 3.8) is 0 Å². The number of amides is 1. The lowest BCUT2D eigenvalue weighted by atomic mass is 10.1. The average molecular weight is 424 g/mol. The summed E-state index contributed by atoms with van der Waals surface area (Å²) in [6.45, 7) is 5.65. The minimum Gasteiger partial charge on any atom is -0.348 e. The molecular weight excluding hydrogens is 398 g/mol. The predicted molar refractivity (Wildman–Crippen MR) is 114 cm³/mol. The van der Waals surface area contributed by atoms with E-state index in [0.717, 1.165) is 37.1 Å². The van der Waals surface area contributed by atoms with Crippen molar-refractivity contribution in [2.45, 2.75) is 37.6 Å². The third kappa shape index (κ3) is 5.47. The Labute approximate surface area is 172 Å². The van der Waals surface area contributed by atoms with E-state index in [2.05, 4.69) is 15.4 Å². The lowest BCUT2D eigenvalue weighted by molar-refractivity contribution is 0.0930. The first-order chi connectivity index (χ1) is 12.8. The molecule has 0 aliphatic carbocycles. The maximum absolute atomic E-state index is 12.6. The van der Waals surface area contributed by atoms with Crippen molar-refractivity contribution in [3.8, 4) is 0 Å². The smallest absolute Gasteiger partial charge is 0.261 e. The van der Waals surface area contributed by atoms with Crippen LogP contribution in [0.25, 0.3) is 0 Å². The summed E-state index contributed by atoms with van der Waals surface area (Å²) in [6, 6.07) is 11.5. The van der Waals surface area contributed by atoms with E-state index in [1.165, 1.54) is 12.1 Å². The van der Waals surface area contributed by atoms with E-state index in [1.54, 1.807) is 24.3 Å². The van der Waals surface area contributed by atoms with Crippen LogP contribution in [0.15, 0.2) is 47.4 Å². The summed E-state index contributed by atoms with van der Waals surface area (Å²) >= 11 is 0. The molecular formula is C20H26ClN3O3S. The van der Waals surface area contributed by atoms with Crippen LogP contribution in [-0.4, -0.2) is 33.5 Å². The Morgan fingerprint density at radius 1 is 1.07 bits per heavy atom. The van der Waals surface area contributed by atoms with Gasteiger partial charge < -0.3 is 10.6 Å². The zero-order chi connectivity index (χ0) is 19.4.